The molecule has 0 atom stereocenters. The van der Waals surface area contributed by atoms with E-state index in [4.69, 9.17) is 9.47 Å². The monoisotopic (exact) mass is 288 g/mol. The number of hydrogen-bond donors (Lipinski definition) is 0. The Morgan fingerprint density at radius 3 is 2.33 bits per heavy atom. The smallest absolute Gasteiger partial charge is 0.328 e. The van der Waals surface area contributed by atoms with E-state index in [-0.39, 0.29) is 19.0 Å². The highest BCUT2D eigenvalue weighted by Gasteiger charge is 2.34. The average Bonchev–Trinajstić information content (AvgIpc) is 2.48. The van der Waals surface area contributed by atoms with E-state index >= 15 is 0 Å². The Balaban J connectivity index is 2.41. The minimum atomic E-state index is -1.26. The zero-order valence-corrected chi connectivity index (χ0v) is 11.9. The molecule has 1 aromatic carbocycles. The maximum Gasteiger partial charge on any atom is 0.328 e. The third kappa shape index (κ3) is 3.34. The van der Waals surface area contributed by atoms with Crippen molar-refractivity contribution in [2.75, 3.05) is 13.2 Å². The summed E-state index contributed by atoms with van der Waals surface area (Å²) < 4.78 is 9.84. The van der Waals surface area contributed by atoms with Crippen LogP contribution in [0.5, 0.6) is 0 Å². The van der Waals surface area contributed by atoms with Crippen LogP contribution < -0.4 is 0 Å². The van der Waals surface area contributed by atoms with Gasteiger partial charge in [-0.15, -0.1) is 0 Å². The third-order valence-electron chi connectivity index (χ3n) is 2.81. The Morgan fingerprint density at radius 1 is 1.10 bits per heavy atom. The van der Waals surface area contributed by atoms with E-state index in [1.54, 1.807) is 26.1 Å². The zero-order chi connectivity index (χ0) is 15.2. The largest absolute Gasteiger partial charge is 0.465 e. The maximum absolute atomic E-state index is 12.0. The van der Waals surface area contributed by atoms with Gasteiger partial charge in [0, 0.05) is 11.6 Å². The molecule has 0 spiro atoms. The minimum absolute atomic E-state index is 0.0885. The third-order valence-corrected chi connectivity index (χ3v) is 2.81. The van der Waals surface area contributed by atoms with Gasteiger partial charge in [0.05, 0.1) is 18.7 Å². The quantitative estimate of drug-likeness (QED) is 0.617. The van der Waals surface area contributed by atoms with Crippen molar-refractivity contribution in [3.8, 4) is 0 Å². The van der Waals surface area contributed by atoms with Crippen LogP contribution in [0.3, 0.4) is 0 Å². The molecule has 2 aromatic rings. The van der Waals surface area contributed by atoms with Gasteiger partial charge in [-0.2, -0.15) is 0 Å². The second kappa shape index (κ2) is 6.78. The summed E-state index contributed by atoms with van der Waals surface area (Å²) in [6, 6.07) is 7.32. The SMILES string of the molecule is CCOC(=O)C(C(=O)OCC)c1ncc2ccccc2n1. The summed E-state index contributed by atoms with van der Waals surface area (Å²) in [5, 5.41) is 0.827. The Labute approximate surface area is 122 Å². The molecule has 1 heterocycles. The van der Waals surface area contributed by atoms with Crippen LogP contribution in [0, 0.1) is 0 Å². The number of rotatable bonds is 5. The summed E-state index contributed by atoms with van der Waals surface area (Å²) in [5.41, 5.74) is 0.654. The van der Waals surface area contributed by atoms with E-state index in [1.165, 1.54) is 0 Å². The van der Waals surface area contributed by atoms with Gasteiger partial charge in [0.25, 0.3) is 0 Å². The summed E-state index contributed by atoms with van der Waals surface area (Å²) in [4.78, 5) is 32.4. The fourth-order valence-electron chi connectivity index (χ4n) is 1.88. The minimum Gasteiger partial charge on any atom is -0.465 e. The number of para-hydroxylation sites is 1. The molecule has 0 radical (unpaired) electrons. The first kappa shape index (κ1) is 14.9. The summed E-state index contributed by atoms with van der Waals surface area (Å²) in [7, 11) is 0. The number of ether oxygens (including phenoxy) is 2. The van der Waals surface area contributed by atoms with Crippen LogP contribution in [0.2, 0.25) is 0 Å². The Bertz CT molecular complexity index is 639. The second-order valence-corrected chi connectivity index (χ2v) is 4.22. The van der Waals surface area contributed by atoms with Gasteiger partial charge in [0.2, 0.25) is 5.92 Å². The molecular weight excluding hydrogens is 272 g/mol. The highest BCUT2D eigenvalue weighted by molar-refractivity contribution is 6.00. The van der Waals surface area contributed by atoms with Gasteiger partial charge in [-0.1, -0.05) is 18.2 Å². The van der Waals surface area contributed by atoms with E-state index in [2.05, 4.69) is 9.97 Å². The molecule has 0 bridgehead atoms. The topological polar surface area (TPSA) is 78.4 Å². The van der Waals surface area contributed by atoms with E-state index in [0.29, 0.717) is 5.52 Å². The molecule has 1 aromatic heterocycles. The molecule has 110 valence electrons. The van der Waals surface area contributed by atoms with Gasteiger partial charge in [0.1, 0.15) is 0 Å². The van der Waals surface area contributed by atoms with Crippen LogP contribution in [-0.2, 0) is 19.1 Å². The molecule has 0 N–H and O–H groups in total. The van der Waals surface area contributed by atoms with E-state index < -0.39 is 17.9 Å². The van der Waals surface area contributed by atoms with Crippen molar-refractivity contribution in [1.82, 2.24) is 9.97 Å². The molecule has 0 aliphatic carbocycles. The average molecular weight is 288 g/mol. The molecule has 0 unspecified atom stereocenters. The lowest BCUT2D eigenvalue weighted by Crippen LogP contribution is -2.27. The van der Waals surface area contributed by atoms with Crippen molar-refractivity contribution >= 4 is 22.8 Å². The van der Waals surface area contributed by atoms with Crippen LogP contribution in [0.25, 0.3) is 10.9 Å². The first-order chi connectivity index (χ1) is 10.2. The van der Waals surface area contributed by atoms with Gasteiger partial charge >= 0.3 is 11.9 Å². The van der Waals surface area contributed by atoms with E-state index in [1.807, 2.05) is 18.2 Å². The normalized spacial score (nSPS) is 10.6. The number of fused-ring (bicyclic) bond motifs is 1. The van der Waals surface area contributed by atoms with Crippen LogP contribution in [0.1, 0.15) is 25.6 Å². The zero-order valence-electron chi connectivity index (χ0n) is 11.9. The molecule has 0 saturated heterocycles. The van der Waals surface area contributed by atoms with Crippen LogP contribution in [0.15, 0.2) is 30.5 Å². The van der Waals surface area contributed by atoms with Gasteiger partial charge in [-0.25, -0.2) is 9.97 Å². The van der Waals surface area contributed by atoms with Crippen molar-refractivity contribution in [1.29, 1.82) is 0 Å². The molecule has 6 heteroatoms. The van der Waals surface area contributed by atoms with Gasteiger partial charge in [-0.3, -0.25) is 9.59 Å². The van der Waals surface area contributed by atoms with E-state index in [9.17, 15) is 9.59 Å². The molecule has 0 fully saturated rings. The number of carbonyl (C=O) groups excluding carboxylic acids is 2. The molecule has 0 aliphatic heterocycles. The van der Waals surface area contributed by atoms with Crippen molar-refractivity contribution < 1.29 is 19.1 Å². The lowest BCUT2D eigenvalue weighted by atomic mass is 10.1. The first-order valence-corrected chi connectivity index (χ1v) is 6.72. The van der Waals surface area contributed by atoms with Crippen molar-refractivity contribution in [3.05, 3.63) is 36.3 Å². The molecule has 0 amide bonds. The summed E-state index contributed by atoms with van der Waals surface area (Å²) >= 11 is 0. The van der Waals surface area contributed by atoms with Crippen molar-refractivity contribution in [2.45, 2.75) is 19.8 Å². The highest BCUT2D eigenvalue weighted by atomic mass is 16.6. The molecule has 0 saturated carbocycles. The first-order valence-electron chi connectivity index (χ1n) is 6.72. The molecule has 21 heavy (non-hydrogen) atoms. The second-order valence-electron chi connectivity index (χ2n) is 4.22. The van der Waals surface area contributed by atoms with Gasteiger partial charge < -0.3 is 9.47 Å². The number of aromatic nitrogens is 2. The van der Waals surface area contributed by atoms with Gasteiger partial charge in [0.15, 0.2) is 5.82 Å². The van der Waals surface area contributed by atoms with Crippen molar-refractivity contribution in [3.63, 3.8) is 0 Å². The summed E-state index contributed by atoms with van der Waals surface area (Å²) in [6.07, 6.45) is 1.57. The van der Waals surface area contributed by atoms with Crippen LogP contribution in [0.4, 0.5) is 0 Å². The Hall–Kier alpha value is -2.50. The fraction of sp³-hybridized carbons (Fsp3) is 0.333. The molecular formula is C15H16N2O4. The lowest BCUT2D eigenvalue weighted by molar-refractivity contribution is -0.157. The van der Waals surface area contributed by atoms with E-state index in [0.717, 1.165) is 5.39 Å². The fourth-order valence-corrected chi connectivity index (χ4v) is 1.88. The van der Waals surface area contributed by atoms with Crippen LogP contribution >= 0.6 is 0 Å². The van der Waals surface area contributed by atoms with Crippen LogP contribution in [-0.4, -0.2) is 35.1 Å². The summed E-state index contributed by atoms with van der Waals surface area (Å²) in [6.45, 7) is 3.67. The Morgan fingerprint density at radius 2 is 1.71 bits per heavy atom. The number of carbonyl (C=O) groups is 2. The molecule has 6 nitrogen and oxygen atoms in total. The number of benzene rings is 1. The van der Waals surface area contributed by atoms with Crippen molar-refractivity contribution in [2.24, 2.45) is 0 Å². The van der Waals surface area contributed by atoms with Gasteiger partial charge in [-0.05, 0) is 19.9 Å². The lowest BCUT2D eigenvalue weighted by Gasteiger charge is -2.13. The predicted molar refractivity (Wildman–Crippen MR) is 75.5 cm³/mol. The number of esters is 2. The standard InChI is InChI=1S/C15H16N2O4/c1-3-20-14(18)12(15(19)21-4-2)13-16-9-10-7-5-6-8-11(10)17-13/h5-9,12H,3-4H2,1-2H3. The summed E-state index contributed by atoms with van der Waals surface area (Å²) in [5.74, 6) is -2.57. The highest BCUT2D eigenvalue weighted by Crippen LogP contribution is 2.19. The Kier molecular flexibility index (Phi) is 4.81. The maximum atomic E-state index is 12.0. The number of nitrogens with zero attached hydrogens (tertiary/aromatic N) is 2. The predicted octanol–water partition coefficient (Wildman–Crippen LogP) is 1.84. The number of hydrogen-bond acceptors (Lipinski definition) is 6. The molecule has 2 rings (SSSR count). The molecule has 0 aliphatic rings.